The van der Waals surface area contributed by atoms with Gasteiger partial charge in [-0.2, -0.15) is 0 Å². The molecule has 2 aliphatic heterocycles. The summed E-state index contributed by atoms with van der Waals surface area (Å²) in [6.07, 6.45) is 4.89. The highest BCUT2D eigenvalue weighted by atomic mass is 16.2. The van der Waals surface area contributed by atoms with E-state index in [-0.39, 0.29) is 23.8 Å². The standard InChI is InChI=1S/C19H24N2O3/c1-3-4-10-21-18(23)15-9-8-14(12-16(15)19(21)24)17(22)20-11-6-5-7-13(20)2/h8-9,12-13H,3-7,10-11H2,1-2H3. The molecule has 1 unspecified atom stereocenters. The number of benzene rings is 1. The average Bonchev–Trinajstić information content (AvgIpc) is 2.83. The van der Waals surface area contributed by atoms with Crippen LogP contribution in [-0.2, 0) is 0 Å². The van der Waals surface area contributed by atoms with Gasteiger partial charge in [-0.15, -0.1) is 0 Å². The molecular formula is C19H24N2O3. The number of rotatable bonds is 4. The lowest BCUT2D eigenvalue weighted by Gasteiger charge is -2.33. The molecule has 0 aliphatic carbocycles. The van der Waals surface area contributed by atoms with Crippen molar-refractivity contribution < 1.29 is 14.4 Å². The minimum Gasteiger partial charge on any atom is -0.336 e. The van der Waals surface area contributed by atoms with Crippen LogP contribution in [0, 0.1) is 0 Å². The number of amides is 3. The molecule has 0 spiro atoms. The molecule has 0 aromatic heterocycles. The molecule has 0 N–H and O–H groups in total. The van der Waals surface area contributed by atoms with Crippen LogP contribution in [-0.4, -0.2) is 46.7 Å². The summed E-state index contributed by atoms with van der Waals surface area (Å²) in [7, 11) is 0. The quantitative estimate of drug-likeness (QED) is 0.798. The third-order valence-corrected chi connectivity index (χ3v) is 5.02. The second-order valence-electron chi connectivity index (χ2n) is 6.72. The number of fused-ring (bicyclic) bond motifs is 1. The highest BCUT2D eigenvalue weighted by Gasteiger charge is 2.36. The fourth-order valence-electron chi connectivity index (χ4n) is 3.51. The van der Waals surface area contributed by atoms with E-state index in [1.54, 1.807) is 18.2 Å². The SMILES string of the molecule is CCCCN1C(=O)c2ccc(C(=O)N3CCCCC3C)cc2C1=O. The van der Waals surface area contributed by atoms with Crippen molar-refractivity contribution in [3.63, 3.8) is 0 Å². The fourth-order valence-corrected chi connectivity index (χ4v) is 3.51. The first-order chi connectivity index (χ1) is 11.5. The number of imide groups is 1. The maximum atomic E-state index is 12.8. The number of piperidine rings is 1. The Labute approximate surface area is 142 Å². The van der Waals surface area contributed by atoms with Gasteiger partial charge in [0.2, 0.25) is 0 Å². The molecule has 3 rings (SSSR count). The van der Waals surface area contributed by atoms with Crippen LogP contribution in [0.5, 0.6) is 0 Å². The van der Waals surface area contributed by atoms with E-state index in [0.717, 1.165) is 38.6 Å². The zero-order chi connectivity index (χ0) is 17.3. The topological polar surface area (TPSA) is 57.7 Å². The van der Waals surface area contributed by atoms with Gasteiger partial charge < -0.3 is 4.90 Å². The largest absolute Gasteiger partial charge is 0.336 e. The summed E-state index contributed by atoms with van der Waals surface area (Å²) < 4.78 is 0. The molecule has 1 aromatic rings. The molecule has 0 radical (unpaired) electrons. The van der Waals surface area contributed by atoms with Crippen LogP contribution in [0.2, 0.25) is 0 Å². The van der Waals surface area contributed by atoms with Crippen LogP contribution in [0.1, 0.15) is 77.0 Å². The third-order valence-electron chi connectivity index (χ3n) is 5.02. The van der Waals surface area contributed by atoms with Gasteiger partial charge in [0.1, 0.15) is 0 Å². The Balaban J connectivity index is 1.85. The first-order valence-electron chi connectivity index (χ1n) is 8.85. The number of hydrogen-bond donors (Lipinski definition) is 0. The van der Waals surface area contributed by atoms with Gasteiger partial charge in [0.15, 0.2) is 0 Å². The number of nitrogens with zero attached hydrogens (tertiary/aromatic N) is 2. The van der Waals surface area contributed by atoms with Gasteiger partial charge in [0.05, 0.1) is 11.1 Å². The summed E-state index contributed by atoms with van der Waals surface area (Å²) >= 11 is 0. The van der Waals surface area contributed by atoms with Crippen molar-refractivity contribution in [3.8, 4) is 0 Å². The summed E-state index contributed by atoms with van der Waals surface area (Å²) in [6, 6.07) is 5.13. The van der Waals surface area contributed by atoms with E-state index >= 15 is 0 Å². The molecule has 0 bridgehead atoms. The van der Waals surface area contributed by atoms with Gasteiger partial charge in [0.25, 0.3) is 17.7 Å². The van der Waals surface area contributed by atoms with Crippen molar-refractivity contribution >= 4 is 17.7 Å². The van der Waals surface area contributed by atoms with Crippen LogP contribution in [0.25, 0.3) is 0 Å². The Morgan fingerprint density at radius 1 is 1.17 bits per heavy atom. The normalized spacial score (nSPS) is 20.5. The van der Waals surface area contributed by atoms with Crippen molar-refractivity contribution in [2.24, 2.45) is 0 Å². The van der Waals surface area contributed by atoms with Crippen molar-refractivity contribution in [1.29, 1.82) is 0 Å². The smallest absolute Gasteiger partial charge is 0.261 e. The lowest BCUT2D eigenvalue weighted by Crippen LogP contribution is -2.42. The van der Waals surface area contributed by atoms with Gasteiger partial charge in [0, 0.05) is 24.7 Å². The monoisotopic (exact) mass is 328 g/mol. The molecule has 1 aromatic carbocycles. The summed E-state index contributed by atoms with van der Waals surface area (Å²) in [5, 5.41) is 0. The molecule has 1 atom stereocenters. The Morgan fingerprint density at radius 2 is 1.92 bits per heavy atom. The number of likely N-dealkylation sites (tertiary alicyclic amines) is 1. The predicted molar refractivity (Wildman–Crippen MR) is 91.1 cm³/mol. The molecule has 2 heterocycles. The van der Waals surface area contributed by atoms with Crippen molar-refractivity contribution in [2.75, 3.05) is 13.1 Å². The van der Waals surface area contributed by atoms with Crippen LogP contribution in [0.4, 0.5) is 0 Å². The molecule has 3 amide bonds. The van der Waals surface area contributed by atoms with E-state index in [4.69, 9.17) is 0 Å². The van der Waals surface area contributed by atoms with Gasteiger partial charge in [-0.1, -0.05) is 13.3 Å². The van der Waals surface area contributed by atoms with Crippen LogP contribution in [0.3, 0.4) is 0 Å². The summed E-state index contributed by atoms with van der Waals surface area (Å²) in [4.78, 5) is 40.8. The second-order valence-corrected chi connectivity index (χ2v) is 6.72. The van der Waals surface area contributed by atoms with Crippen molar-refractivity contribution in [2.45, 2.75) is 52.0 Å². The van der Waals surface area contributed by atoms with Gasteiger partial charge in [-0.05, 0) is 50.8 Å². The van der Waals surface area contributed by atoms with E-state index in [1.807, 2.05) is 11.8 Å². The first-order valence-corrected chi connectivity index (χ1v) is 8.85. The van der Waals surface area contributed by atoms with E-state index in [0.29, 0.717) is 23.2 Å². The lowest BCUT2D eigenvalue weighted by molar-refractivity contribution is 0.0632. The zero-order valence-electron chi connectivity index (χ0n) is 14.4. The van der Waals surface area contributed by atoms with E-state index < -0.39 is 0 Å². The minimum absolute atomic E-state index is 0.0442. The molecule has 24 heavy (non-hydrogen) atoms. The summed E-state index contributed by atoms with van der Waals surface area (Å²) in [5.74, 6) is -0.559. The lowest BCUT2D eigenvalue weighted by atomic mass is 10.0. The number of carbonyl (C=O) groups is 3. The number of unbranched alkanes of at least 4 members (excludes halogenated alkanes) is 1. The molecule has 128 valence electrons. The Hall–Kier alpha value is -2.17. The molecule has 5 nitrogen and oxygen atoms in total. The highest BCUT2D eigenvalue weighted by molar-refractivity contribution is 6.22. The second kappa shape index (κ2) is 6.75. The average molecular weight is 328 g/mol. The van der Waals surface area contributed by atoms with Gasteiger partial charge in [-0.25, -0.2) is 0 Å². The van der Waals surface area contributed by atoms with Crippen LogP contribution >= 0.6 is 0 Å². The summed E-state index contributed by atoms with van der Waals surface area (Å²) in [6.45, 7) is 5.28. The van der Waals surface area contributed by atoms with Gasteiger partial charge in [-0.3, -0.25) is 19.3 Å². The molecular weight excluding hydrogens is 304 g/mol. The first kappa shape index (κ1) is 16.7. The van der Waals surface area contributed by atoms with Crippen LogP contribution < -0.4 is 0 Å². The Morgan fingerprint density at radius 3 is 2.62 bits per heavy atom. The Kier molecular flexibility index (Phi) is 4.69. The van der Waals surface area contributed by atoms with E-state index in [9.17, 15) is 14.4 Å². The maximum absolute atomic E-state index is 12.8. The van der Waals surface area contributed by atoms with E-state index in [1.165, 1.54) is 4.90 Å². The minimum atomic E-state index is -0.273. The molecule has 1 saturated heterocycles. The summed E-state index contributed by atoms with van der Waals surface area (Å²) in [5.41, 5.74) is 1.28. The van der Waals surface area contributed by atoms with Gasteiger partial charge >= 0.3 is 0 Å². The predicted octanol–water partition coefficient (Wildman–Crippen LogP) is 3.10. The Bertz CT molecular complexity index is 683. The number of hydrogen-bond acceptors (Lipinski definition) is 3. The molecule has 1 fully saturated rings. The van der Waals surface area contributed by atoms with Crippen molar-refractivity contribution in [1.82, 2.24) is 9.80 Å². The van der Waals surface area contributed by atoms with Crippen molar-refractivity contribution in [3.05, 3.63) is 34.9 Å². The zero-order valence-corrected chi connectivity index (χ0v) is 14.4. The molecule has 2 aliphatic rings. The number of carbonyl (C=O) groups excluding carboxylic acids is 3. The molecule has 0 saturated carbocycles. The molecule has 5 heteroatoms. The fraction of sp³-hybridized carbons (Fsp3) is 0.526. The van der Waals surface area contributed by atoms with E-state index in [2.05, 4.69) is 6.92 Å². The maximum Gasteiger partial charge on any atom is 0.261 e. The third kappa shape index (κ3) is 2.83. The highest BCUT2D eigenvalue weighted by Crippen LogP contribution is 2.26. The van der Waals surface area contributed by atoms with Crippen LogP contribution in [0.15, 0.2) is 18.2 Å².